The van der Waals surface area contributed by atoms with Gasteiger partial charge in [0.1, 0.15) is 7.85 Å². The van der Waals surface area contributed by atoms with Crippen molar-refractivity contribution in [1.29, 1.82) is 0 Å². The zero-order valence-electron chi connectivity index (χ0n) is 14.2. The molecule has 25 heavy (non-hydrogen) atoms. The highest BCUT2D eigenvalue weighted by Crippen LogP contribution is 2.31. The maximum atomic E-state index is 5.84. The standard InChI is InChI=1S/C23H20BN/c24-21-13-11-19(12-14-21)23-16-20(17-7-3-1-4-8-17)15-22(25-23)18-9-5-2-6-10-18/h2-3,5-9,11-16,18H,1,4,10H2. The third-order valence-corrected chi connectivity index (χ3v) is 4.74. The summed E-state index contributed by atoms with van der Waals surface area (Å²) in [6, 6.07) is 12.4. The largest absolute Gasteiger partial charge is 0.252 e. The number of hydrogen-bond acceptors (Lipinski definition) is 1. The molecule has 1 unspecified atom stereocenters. The summed E-state index contributed by atoms with van der Waals surface area (Å²) in [7, 11) is 5.84. The number of aromatic nitrogens is 1. The minimum Gasteiger partial charge on any atom is -0.252 e. The molecule has 2 aliphatic rings. The molecule has 1 heterocycles. The molecular weight excluding hydrogens is 301 g/mol. The van der Waals surface area contributed by atoms with Crippen molar-refractivity contribution in [3.05, 3.63) is 90.2 Å². The smallest absolute Gasteiger partial charge is 0.113 e. The molecule has 4 rings (SSSR count). The van der Waals surface area contributed by atoms with Gasteiger partial charge in [-0.05, 0) is 42.5 Å². The molecule has 0 saturated carbocycles. The Morgan fingerprint density at radius 1 is 0.920 bits per heavy atom. The molecule has 2 aliphatic carbocycles. The monoisotopic (exact) mass is 321 g/mol. The van der Waals surface area contributed by atoms with E-state index in [2.05, 4.69) is 54.7 Å². The van der Waals surface area contributed by atoms with Crippen LogP contribution in [0.1, 0.15) is 36.4 Å². The van der Waals surface area contributed by atoms with Crippen LogP contribution in [0.3, 0.4) is 0 Å². The van der Waals surface area contributed by atoms with Gasteiger partial charge in [-0.15, -0.1) is 0 Å². The SMILES string of the molecule is [B]c1ccc(-c2cc(C3=CCCC=C3)cc(C3C=CC=CC3)n2)cc1. The van der Waals surface area contributed by atoms with Crippen LogP contribution < -0.4 is 5.46 Å². The van der Waals surface area contributed by atoms with Crippen LogP contribution in [-0.2, 0) is 0 Å². The molecule has 0 fully saturated rings. The quantitative estimate of drug-likeness (QED) is 0.735. The van der Waals surface area contributed by atoms with Crippen LogP contribution in [0.25, 0.3) is 16.8 Å². The molecule has 0 N–H and O–H groups in total. The van der Waals surface area contributed by atoms with Crippen LogP contribution in [-0.4, -0.2) is 12.8 Å². The predicted octanol–water partition coefficient (Wildman–Crippen LogP) is 4.88. The molecule has 0 saturated heterocycles. The molecule has 0 spiro atoms. The van der Waals surface area contributed by atoms with Crippen molar-refractivity contribution in [2.45, 2.75) is 25.2 Å². The number of pyridine rings is 1. The van der Waals surface area contributed by atoms with Gasteiger partial charge in [0, 0.05) is 17.2 Å². The van der Waals surface area contributed by atoms with Crippen LogP contribution in [0, 0.1) is 0 Å². The first-order chi connectivity index (χ1) is 12.3. The Balaban J connectivity index is 1.81. The lowest BCUT2D eigenvalue weighted by Crippen LogP contribution is -2.04. The van der Waals surface area contributed by atoms with Gasteiger partial charge in [-0.25, -0.2) is 0 Å². The van der Waals surface area contributed by atoms with Crippen LogP contribution in [0.4, 0.5) is 0 Å². The zero-order chi connectivity index (χ0) is 17.1. The first kappa shape index (κ1) is 15.9. The highest BCUT2D eigenvalue weighted by atomic mass is 14.7. The molecule has 1 aromatic carbocycles. The second-order valence-electron chi connectivity index (χ2n) is 6.58. The number of benzene rings is 1. The van der Waals surface area contributed by atoms with E-state index < -0.39 is 0 Å². The maximum Gasteiger partial charge on any atom is 0.113 e. The summed E-state index contributed by atoms with van der Waals surface area (Å²) in [6.45, 7) is 0. The van der Waals surface area contributed by atoms with Crippen molar-refractivity contribution in [1.82, 2.24) is 4.98 Å². The predicted molar refractivity (Wildman–Crippen MR) is 107 cm³/mol. The van der Waals surface area contributed by atoms with Gasteiger partial charge in [0.25, 0.3) is 0 Å². The van der Waals surface area contributed by atoms with E-state index in [0.29, 0.717) is 5.92 Å². The fraction of sp³-hybridized carbons (Fsp3) is 0.174. The average molecular weight is 321 g/mol. The molecule has 0 amide bonds. The summed E-state index contributed by atoms with van der Waals surface area (Å²) in [5, 5.41) is 0. The van der Waals surface area contributed by atoms with Crippen molar-refractivity contribution < 1.29 is 0 Å². The van der Waals surface area contributed by atoms with Crippen LogP contribution in [0.2, 0.25) is 0 Å². The lowest BCUT2D eigenvalue weighted by molar-refractivity contribution is 0.816. The molecular formula is C23H20BN. The van der Waals surface area contributed by atoms with Gasteiger partial charge in [-0.3, -0.25) is 4.98 Å². The summed E-state index contributed by atoms with van der Waals surface area (Å²) >= 11 is 0. The number of hydrogen-bond donors (Lipinski definition) is 0. The number of allylic oxidation sites excluding steroid dienone is 8. The van der Waals surface area contributed by atoms with Gasteiger partial charge < -0.3 is 0 Å². The Morgan fingerprint density at radius 3 is 2.52 bits per heavy atom. The van der Waals surface area contributed by atoms with E-state index in [-0.39, 0.29) is 0 Å². The van der Waals surface area contributed by atoms with E-state index in [0.717, 1.165) is 41.7 Å². The van der Waals surface area contributed by atoms with Gasteiger partial charge in [0.05, 0.1) is 5.69 Å². The molecule has 1 aromatic heterocycles. The first-order valence-corrected chi connectivity index (χ1v) is 8.88. The molecule has 0 bridgehead atoms. The van der Waals surface area contributed by atoms with E-state index in [9.17, 15) is 0 Å². The Bertz CT molecular complexity index is 885. The van der Waals surface area contributed by atoms with E-state index in [1.807, 2.05) is 24.3 Å². The topological polar surface area (TPSA) is 12.9 Å². The third-order valence-electron chi connectivity index (χ3n) is 4.74. The maximum absolute atomic E-state index is 5.84. The second kappa shape index (κ2) is 7.10. The Labute approximate surface area is 150 Å². The van der Waals surface area contributed by atoms with E-state index in [1.165, 1.54) is 11.1 Å². The third kappa shape index (κ3) is 3.58. The summed E-state index contributed by atoms with van der Waals surface area (Å²) in [5.41, 5.74) is 6.56. The Hall–Kier alpha value is -2.61. The Morgan fingerprint density at radius 2 is 1.80 bits per heavy atom. The van der Waals surface area contributed by atoms with Crippen molar-refractivity contribution in [3.8, 4) is 11.3 Å². The highest BCUT2D eigenvalue weighted by molar-refractivity contribution is 6.32. The van der Waals surface area contributed by atoms with Gasteiger partial charge >= 0.3 is 0 Å². The van der Waals surface area contributed by atoms with Crippen molar-refractivity contribution in [2.24, 2.45) is 0 Å². The van der Waals surface area contributed by atoms with Gasteiger partial charge in [-0.2, -0.15) is 0 Å². The summed E-state index contributed by atoms with van der Waals surface area (Å²) in [6.07, 6.45) is 18.7. The van der Waals surface area contributed by atoms with E-state index in [1.54, 1.807) is 0 Å². The Kier molecular flexibility index (Phi) is 4.52. The van der Waals surface area contributed by atoms with Crippen LogP contribution in [0.5, 0.6) is 0 Å². The number of rotatable bonds is 3. The summed E-state index contributed by atoms with van der Waals surface area (Å²) in [4.78, 5) is 4.97. The van der Waals surface area contributed by atoms with Crippen LogP contribution >= 0.6 is 0 Å². The van der Waals surface area contributed by atoms with Crippen molar-refractivity contribution in [3.63, 3.8) is 0 Å². The average Bonchev–Trinajstić information content (AvgIpc) is 2.69. The fourth-order valence-corrected chi connectivity index (χ4v) is 3.34. The molecule has 1 nitrogen and oxygen atoms in total. The normalized spacial score (nSPS) is 19.0. The summed E-state index contributed by atoms with van der Waals surface area (Å²) in [5.74, 6) is 0.339. The second-order valence-corrected chi connectivity index (χ2v) is 6.58. The summed E-state index contributed by atoms with van der Waals surface area (Å²) < 4.78 is 0. The first-order valence-electron chi connectivity index (χ1n) is 8.88. The minimum absolute atomic E-state index is 0.339. The molecule has 2 aromatic rings. The fourth-order valence-electron chi connectivity index (χ4n) is 3.34. The molecule has 120 valence electrons. The molecule has 1 atom stereocenters. The van der Waals surface area contributed by atoms with Crippen LogP contribution in [0.15, 0.2) is 78.9 Å². The minimum atomic E-state index is 0.339. The van der Waals surface area contributed by atoms with Crippen molar-refractivity contribution >= 4 is 18.9 Å². The molecule has 0 aliphatic heterocycles. The lowest BCUT2D eigenvalue weighted by atomic mass is 9.91. The van der Waals surface area contributed by atoms with Gasteiger partial charge in [0.15, 0.2) is 0 Å². The highest BCUT2D eigenvalue weighted by Gasteiger charge is 2.15. The van der Waals surface area contributed by atoms with E-state index >= 15 is 0 Å². The van der Waals surface area contributed by atoms with Gasteiger partial charge in [-0.1, -0.05) is 72.3 Å². The lowest BCUT2D eigenvalue weighted by Gasteiger charge is -2.17. The molecule has 2 radical (unpaired) electrons. The number of nitrogens with zero attached hydrogens (tertiary/aromatic N) is 1. The zero-order valence-corrected chi connectivity index (χ0v) is 14.2. The van der Waals surface area contributed by atoms with Gasteiger partial charge in [0.2, 0.25) is 0 Å². The van der Waals surface area contributed by atoms with E-state index in [4.69, 9.17) is 12.8 Å². The van der Waals surface area contributed by atoms with Crippen molar-refractivity contribution in [2.75, 3.05) is 0 Å². The molecule has 2 heteroatoms.